The van der Waals surface area contributed by atoms with Gasteiger partial charge in [-0.3, -0.25) is 0 Å². The van der Waals surface area contributed by atoms with Crippen molar-refractivity contribution in [3.63, 3.8) is 0 Å². The van der Waals surface area contributed by atoms with Gasteiger partial charge in [-0.15, -0.1) is 0 Å². The van der Waals surface area contributed by atoms with E-state index < -0.39 is 44.1 Å². The third-order valence-electron chi connectivity index (χ3n) is 5.18. The Bertz CT molecular complexity index is 1410. The molecule has 0 fully saturated rings. The Labute approximate surface area is 221 Å². The first kappa shape index (κ1) is 29.3. The molecule has 200 valence electrons. The molecule has 0 saturated heterocycles. The molecule has 38 heavy (non-hydrogen) atoms. The van der Waals surface area contributed by atoms with Gasteiger partial charge in [-0.1, -0.05) is 62.4 Å². The minimum Gasteiger partial charge on any atom is -0.744 e. The van der Waals surface area contributed by atoms with E-state index in [-0.39, 0.29) is 10.9 Å². The van der Waals surface area contributed by atoms with E-state index in [1.165, 1.54) is 20.2 Å². The summed E-state index contributed by atoms with van der Waals surface area (Å²) in [5.41, 5.74) is 1.42. The van der Waals surface area contributed by atoms with Crippen molar-refractivity contribution in [1.82, 2.24) is 0 Å². The smallest absolute Gasteiger partial charge is 0.200 e. The molecule has 0 amide bonds. The lowest BCUT2D eigenvalue weighted by atomic mass is 10.0. The molecular formula is C28H23F5O3S2. The first-order valence-corrected chi connectivity index (χ1v) is 14.0. The molecule has 0 aliphatic heterocycles. The van der Waals surface area contributed by atoms with Gasteiger partial charge >= 0.3 is 0 Å². The second-order valence-electron chi connectivity index (χ2n) is 8.53. The maximum atomic E-state index is 12.6. The van der Waals surface area contributed by atoms with Gasteiger partial charge < -0.3 is 4.55 Å². The number of halogens is 5. The minimum absolute atomic E-state index is 0.0356. The van der Waals surface area contributed by atoms with E-state index >= 15 is 0 Å². The molecule has 0 radical (unpaired) electrons. The summed E-state index contributed by atoms with van der Waals surface area (Å²) < 4.78 is 92.9. The molecular weight excluding hydrogens is 543 g/mol. The first-order chi connectivity index (χ1) is 17.9. The summed E-state index contributed by atoms with van der Waals surface area (Å²) in [4.78, 5) is 1.75. The van der Waals surface area contributed by atoms with Crippen LogP contribution in [-0.2, 0) is 27.4 Å². The summed E-state index contributed by atoms with van der Waals surface area (Å²) in [5, 5.41) is 0. The van der Waals surface area contributed by atoms with Gasteiger partial charge in [0.05, 0.1) is 10.9 Å². The van der Waals surface area contributed by atoms with Crippen LogP contribution in [0.1, 0.15) is 19.4 Å². The molecule has 0 aromatic heterocycles. The minimum atomic E-state index is -5.77. The van der Waals surface area contributed by atoms with Gasteiger partial charge in [0.2, 0.25) is 5.82 Å². The highest BCUT2D eigenvalue weighted by atomic mass is 32.2. The van der Waals surface area contributed by atoms with Gasteiger partial charge in [-0.2, -0.15) is 0 Å². The average Bonchev–Trinajstić information content (AvgIpc) is 2.88. The zero-order valence-electron chi connectivity index (χ0n) is 20.3. The fourth-order valence-electron chi connectivity index (χ4n) is 3.56. The summed E-state index contributed by atoms with van der Waals surface area (Å²) in [5.74, 6) is -12.1. The second-order valence-corrected chi connectivity index (χ2v) is 11.9. The Hall–Kier alpha value is -3.21. The highest BCUT2D eigenvalue weighted by Gasteiger charge is 2.29. The zero-order chi connectivity index (χ0) is 28.0. The van der Waals surface area contributed by atoms with Crippen molar-refractivity contribution in [2.75, 3.05) is 0 Å². The summed E-state index contributed by atoms with van der Waals surface area (Å²) in [7, 11) is -5.81. The summed E-state index contributed by atoms with van der Waals surface area (Å²) in [6.45, 7) is 4.54. The van der Waals surface area contributed by atoms with E-state index in [0.717, 1.165) is 6.42 Å². The molecule has 4 rings (SSSR count). The summed E-state index contributed by atoms with van der Waals surface area (Å²) >= 11 is 0. The van der Waals surface area contributed by atoms with Crippen LogP contribution in [0, 0.1) is 35.0 Å². The standard InChI is InChI=1S/C22H23S.C6HF5O3S/c1-18(2)17-19-13-15-22(16-14-19)23(20-9-5-3-6-10-20)21-11-7-4-8-12-21;7-1-2(8)4(10)6(15(12,13)14)5(11)3(1)9/h3-16,18H,17H2,1-2H3;(H,12,13,14)/q+1;/p-1. The zero-order valence-corrected chi connectivity index (χ0v) is 21.9. The van der Waals surface area contributed by atoms with Crippen molar-refractivity contribution in [2.45, 2.75) is 39.9 Å². The monoisotopic (exact) mass is 566 g/mol. The van der Waals surface area contributed by atoms with Crippen molar-refractivity contribution >= 4 is 21.0 Å². The van der Waals surface area contributed by atoms with Crippen LogP contribution < -0.4 is 0 Å². The molecule has 0 atom stereocenters. The van der Waals surface area contributed by atoms with E-state index in [4.69, 9.17) is 0 Å². The van der Waals surface area contributed by atoms with Crippen molar-refractivity contribution < 1.29 is 34.9 Å². The molecule has 0 aliphatic rings. The average molecular weight is 567 g/mol. The summed E-state index contributed by atoms with van der Waals surface area (Å²) in [6, 6.07) is 30.8. The Morgan fingerprint density at radius 3 is 1.37 bits per heavy atom. The van der Waals surface area contributed by atoms with Crippen LogP contribution in [0.4, 0.5) is 22.0 Å². The number of hydrogen-bond acceptors (Lipinski definition) is 3. The lowest BCUT2D eigenvalue weighted by Crippen LogP contribution is -2.12. The largest absolute Gasteiger partial charge is 0.744 e. The lowest BCUT2D eigenvalue weighted by Gasteiger charge is -2.10. The predicted octanol–water partition coefficient (Wildman–Crippen LogP) is 7.27. The molecule has 0 aliphatic carbocycles. The Balaban J connectivity index is 0.000000232. The van der Waals surface area contributed by atoms with Crippen molar-refractivity contribution in [3.8, 4) is 0 Å². The third kappa shape index (κ3) is 7.00. The third-order valence-corrected chi connectivity index (χ3v) is 8.27. The highest BCUT2D eigenvalue weighted by molar-refractivity contribution is 7.97. The maximum absolute atomic E-state index is 12.6. The van der Waals surface area contributed by atoms with Crippen LogP contribution in [-0.4, -0.2) is 13.0 Å². The Morgan fingerprint density at radius 1 is 0.632 bits per heavy atom. The quantitative estimate of drug-likeness (QED) is 0.0811. The second kappa shape index (κ2) is 12.6. The molecule has 0 N–H and O–H groups in total. The number of rotatable bonds is 6. The van der Waals surface area contributed by atoms with Crippen LogP contribution in [0.2, 0.25) is 0 Å². The van der Waals surface area contributed by atoms with Gasteiger partial charge in [0.15, 0.2) is 38.0 Å². The van der Waals surface area contributed by atoms with E-state index in [9.17, 15) is 34.9 Å². The Kier molecular flexibility index (Phi) is 9.70. The van der Waals surface area contributed by atoms with Crippen LogP contribution in [0.5, 0.6) is 0 Å². The van der Waals surface area contributed by atoms with Gasteiger partial charge in [-0.05, 0) is 54.3 Å². The van der Waals surface area contributed by atoms with E-state index in [1.54, 1.807) is 0 Å². The molecule has 4 aromatic rings. The Morgan fingerprint density at radius 2 is 1.00 bits per heavy atom. The van der Waals surface area contributed by atoms with Crippen LogP contribution >= 0.6 is 0 Å². The molecule has 10 heteroatoms. The molecule has 0 bridgehead atoms. The molecule has 0 saturated carbocycles. The van der Waals surface area contributed by atoms with Crippen molar-refractivity contribution in [3.05, 3.63) is 120 Å². The lowest BCUT2D eigenvalue weighted by molar-refractivity contribution is 0.350. The van der Waals surface area contributed by atoms with Crippen LogP contribution in [0.15, 0.2) is 105 Å². The van der Waals surface area contributed by atoms with E-state index in [2.05, 4.69) is 98.8 Å². The van der Waals surface area contributed by atoms with Gasteiger partial charge in [0.25, 0.3) is 0 Å². The van der Waals surface area contributed by atoms with Crippen LogP contribution in [0.3, 0.4) is 0 Å². The van der Waals surface area contributed by atoms with Crippen molar-refractivity contribution in [2.24, 2.45) is 5.92 Å². The topological polar surface area (TPSA) is 57.2 Å². The van der Waals surface area contributed by atoms with Crippen molar-refractivity contribution in [1.29, 1.82) is 0 Å². The molecule has 0 unspecified atom stereocenters. The normalized spacial score (nSPS) is 11.4. The van der Waals surface area contributed by atoms with Crippen LogP contribution in [0.25, 0.3) is 0 Å². The molecule has 3 nitrogen and oxygen atoms in total. The predicted molar refractivity (Wildman–Crippen MR) is 134 cm³/mol. The molecule has 4 aromatic carbocycles. The maximum Gasteiger partial charge on any atom is 0.200 e. The SMILES string of the molecule is CC(C)Cc1ccc([S+](c2ccccc2)c2ccccc2)cc1.O=S(=O)([O-])c1c(F)c(F)c(F)c(F)c1F. The number of benzene rings is 4. The number of hydrogen-bond donors (Lipinski definition) is 0. The van der Waals surface area contributed by atoms with Gasteiger partial charge in [-0.25, -0.2) is 30.4 Å². The molecule has 0 heterocycles. The fourth-order valence-corrected chi connectivity index (χ4v) is 6.26. The first-order valence-electron chi connectivity index (χ1n) is 11.3. The van der Waals surface area contributed by atoms with Gasteiger partial charge in [0, 0.05) is 0 Å². The highest BCUT2D eigenvalue weighted by Crippen LogP contribution is 2.31. The van der Waals surface area contributed by atoms with E-state index in [1.807, 2.05) is 0 Å². The fraction of sp³-hybridized carbons (Fsp3) is 0.143. The summed E-state index contributed by atoms with van der Waals surface area (Å²) in [6.07, 6.45) is 1.14. The molecule has 0 spiro atoms. The van der Waals surface area contributed by atoms with Gasteiger partial charge in [0.1, 0.15) is 15.0 Å². The van der Waals surface area contributed by atoms with E-state index in [0.29, 0.717) is 5.92 Å².